The number of rotatable bonds is 7. The summed E-state index contributed by atoms with van der Waals surface area (Å²) in [4.78, 5) is 40.5. The minimum atomic E-state index is -1.45. The number of esters is 1. The largest absolute Gasteiger partial charge is 0.464 e. The quantitative estimate of drug-likeness (QED) is 0.688. The van der Waals surface area contributed by atoms with Gasteiger partial charge in [-0.3, -0.25) is 4.79 Å². The zero-order chi connectivity index (χ0) is 22.3. The van der Waals surface area contributed by atoms with Crippen molar-refractivity contribution in [1.29, 1.82) is 0 Å². The van der Waals surface area contributed by atoms with Crippen molar-refractivity contribution in [3.63, 3.8) is 0 Å². The fraction of sp³-hybridized carbons (Fsp3) is 0.375. The Kier molecular flexibility index (Phi) is 7.41. The van der Waals surface area contributed by atoms with Gasteiger partial charge in [-0.25, -0.2) is 14.5 Å². The molecule has 31 heavy (non-hydrogen) atoms. The maximum atomic E-state index is 13.2. The van der Waals surface area contributed by atoms with E-state index in [9.17, 15) is 14.4 Å². The number of nitrogens with one attached hydrogen (secondary N) is 1. The lowest BCUT2D eigenvalue weighted by Gasteiger charge is -2.42. The number of ether oxygens (including phenoxy) is 2. The standard InChI is InChI=1S/C24H28N2O5/c1-3-30-22(28)24(14-13-19-11-7-8-12-20(19)15-24)26(21(27)16-25-2)23(29)31-17-18-9-5-4-6-10-18/h4-12,25H,3,13-17H2,1-2H3. The van der Waals surface area contributed by atoms with Crippen LogP contribution in [0.2, 0.25) is 0 Å². The van der Waals surface area contributed by atoms with Crippen LogP contribution in [0.3, 0.4) is 0 Å². The lowest BCUT2D eigenvalue weighted by molar-refractivity contribution is -0.163. The summed E-state index contributed by atoms with van der Waals surface area (Å²) in [6, 6.07) is 16.9. The third-order valence-electron chi connectivity index (χ3n) is 5.46. The van der Waals surface area contributed by atoms with Gasteiger partial charge in [-0.05, 0) is 43.5 Å². The first-order valence-corrected chi connectivity index (χ1v) is 10.4. The minimum absolute atomic E-state index is 0.00149. The van der Waals surface area contributed by atoms with Gasteiger partial charge in [0.25, 0.3) is 0 Å². The van der Waals surface area contributed by atoms with E-state index in [1.165, 1.54) is 0 Å². The number of likely N-dealkylation sites (N-methyl/N-ethyl adjacent to an activating group) is 1. The lowest BCUT2D eigenvalue weighted by Crippen LogP contribution is -2.63. The molecule has 7 nitrogen and oxygen atoms in total. The van der Waals surface area contributed by atoms with Crippen LogP contribution in [0.5, 0.6) is 0 Å². The molecule has 0 saturated heterocycles. The molecule has 0 bridgehead atoms. The predicted molar refractivity (Wildman–Crippen MR) is 115 cm³/mol. The molecular formula is C24H28N2O5. The molecular weight excluding hydrogens is 396 g/mol. The van der Waals surface area contributed by atoms with Gasteiger partial charge >= 0.3 is 12.1 Å². The molecule has 1 aliphatic carbocycles. The summed E-state index contributed by atoms with van der Waals surface area (Å²) in [6.45, 7) is 1.74. The first-order chi connectivity index (χ1) is 15.0. The molecule has 2 amide bonds. The molecule has 0 radical (unpaired) electrons. The Bertz CT molecular complexity index is 931. The molecule has 0 heterocycles. The molecule has 7 heteroatoms. The van der Waals surface area contributed by atoms with E-state index in [4.69, 9.17) is 9.47 Å². The highest BCUT2D eigenvalue weighted by Crippen LogP contribution is 2.35. The zero-order valence-electron chi connectivity index (χ0n) is 17.9. The topological polar surface area (TPSA) is 84.9 Å². The van der Waals surface area contributed by atoms with Crippen molar-refractivity contribution in [3.8, 4) is 0 Å². The maximum Gasteiger partial charge on any atom is 0.417 e. The van der Waals surface area contributed by atoms with E-state index in [0.717, 1.165) is 21.6 Å². The smallest absolute Gasteiger partial charge is 0.417 e. The second-order valence-electron chi connectivity index (χ2n) is 7.50. The Labute approximate surface area is 182 Å². The number of carbonyl (C=O) groups is 3. The van der Waals surface area contributed by atoms with Crippen molar-refractivity contribution >= 4 is 18.0 Å². The van der Waals surface area contributed by atoms with Crippen LogP contribution in [0.4, 0.5) is 4.79 Å². The minimum Gasteiger partial charge on any atom is -0.464 e. The number of aryl methyl sites for hydroxylation is 1. The molecule has 2 aromatic carbocycles. The molecule has 0 spiro atoms. The molecule has 1 aliphatic rings. The van der Waals surface area contributed by atoms with Gasteiger partial charge < -0.3 is 14.8 Å². The summed E-state index contributed by atoms with van der Waals surface area (Å²) in [5, 5.41) is 2.77. The molecule has 1 atom stereocenters. The number of fused-ring (bicyclic) bond motifs is 1. The lowest BCUT2D eigenvalue weighted by atomic mass is 9.76. The Morgan fingerprint density at radius 3 is 2.35 bits per heavy atom. The third-order valence-corrected chi connectivity index (χ3v) is 5.46. The molecule has 0 fully saturated rings. The van der Waals surface area contributed by atoms with Crippen LogP contribution in [-0.2, 0) is 38.5 Å². The van der Waals surface area contributed by atoms with E-state index < -0.39 is 23.5 Å². The van der Waals surface area contributed by atoms with Gasteiger partial charge in [0, 0.05) is 6.42 Å². The van der Waals surface area contributed by atoms with E-state index in [1.54, 1.807) is 14.0 Å². The molecule has 1 N–H and O–H groups in total. The fourth-order valence-corrected chi connectivity index (χ4v) is 3.97. The SMILES string of the molecule is CCOC(=O)C1(N(C(=O)CNC)C(=O)OCc2ccccc2)CCc2ccccc2C1. The van der Waals surface area contributed by atoms with Crippen LogP contribution in [-0.4, -0.2) is 48.6 Å². The number of hydrogen-bond donors (Lipinski definition) is 1. The van der Waals surface area contributed by atoms with Crippen LogP contribution >= 0.6 is 0 Å². The van der Waals surface area contributed by atoms with Crippen molar-refractivity contribution in [2.45, 2.75) is 38.3 Å². The van der Waals surface area contributed by atoms with Gasteiger partial charge in [0.05, 0.1) is 13.2 Å². The first-order valence-electron chi connectivity index (χ1n) is 10.4. The van der Waals surface area contributed by atoms with E-state index in [-0.39, 0.29) is 32.6 Å². The number of imide groups is 1. The number of hydrogen-bond acceptors (Lipinski definition) is 6. The van der Waals surface area contributed by atoms with Crippen LogP contribution < -0.4 is 5.32 Å². The van der Waals surface area contributed by atoms with Crippen LogP contribution in [0, 0.1) is 0 Å². The van der Waals surface area contributed by atoms with Crippen molar-refractivity contribution < 1.29 is 23.9 Å². The average molecular weight is 424 g/mol. The monoisotopic (exact) mass is 424 g/mol. The van der Waals surface area contributed by atoms with Crippen molar-refractivity contribution in [2.75, 3.05) is 20.2 Å². The Hall–Kier alpha value is -3.19. The van der Waals surface area contributed by atoms with Gasteiger partial charge in [0.1, 0.15) is 6.61 Å². The average Bonchev–Trinajstić information content (AvgIpc) is 2.78. The number of nitrogens with zero attached hydrogens (tertiary/aromatic N) is 1. The van der Waals surface area contributed by atoms with Crippen molar-refractivity contribution in [3.05, 3.63) is 71.3 Å². The summed E-state index contributed by atoms with van der Waals surface area (Å²) in [6.07, 6.45) is 0.164. The predicted octanol–water partition coefficient (Wildman–Crippen LogP) is 2.86. The number of amides is 2. The van der Waals surface area contributed by atoms with E-state index in [1.807, 2.05) is 54.6 Å². The Morgan fingerprint density at radius 1 is 1.00 bits per heavy atom. The molecule has 0 saturated carbocycles. The Balaban J connectivity index is 1.96. The van der Waals surface area contributed by atoms with Gasteiger partial charge in [-0.2, -0.15) is 0 Å². The van der Waals surface area contributed by atoms with Crippen LogP contribution in [0.25, 0.3) is 0 Å². The fourth-order valence-electron chi connectivity index (χ4n) is 3.97. The number of benzene rings is 2. The third kappa shape index (κ3) is 4.94. The molecule has 3 rings (SSSR count). The second-order valence-corrected chi connectivity index (χ2v) is 7.50. The normalized spacial score (nSPS) is 17.4. The maximum absolute atomic E-state index is 13.2. The van der Waals surface area contributed by atoms with Crippen molar-refractivity contribution in [2.24, 2.45) is 0 Å². The molecule has 164 valence electrons. The van der Waals surface area contributed by atoms with E-state index in [0.29, 0.717) is 6.42 Å². The highest BCUT2D eigenvalue weighted by Gasteiger charge is 2.53. The molecule has 2 aromatic rings. The van der Waals surface area contributed by atoms with E-state index >= 15 is 0 Å². The second kappa shape index (κ2) is 10.2. The molecule has 0 aliphatic heterocycles. The van der Waals surface area contributed by atoms with Crippen LogP contribution in [0.1, 0.15) is 30.0 Å². The highest BCUT2D eigenvalue weighted by molar-refractivity contribution is 6.00. The highest BCUT2D eigenvalue weighted by atomic mass is 16.6. The summed E-state index contributed by atoms with van der Waals surface area (Å²) in [5.41, 5.74) is 1.35. The molecule has 1 unspecified atom stereocenters. The van der Waals surface area contributed by atoms with Crippen molar-refractivity contribution in [1.82, 2.24) is 10.2 Å². The molecule has 0 aromatic heterocycles. The number of carbonyl (C=O) groups excluding carboxylic acids is 3. The van der Waals surface area contributed by atoms with Gasteiger partial charge in [0.2, 0.25) is 5.91 Å². The van der Waals surface area contributed by atoms with Gasteiger partial charge in [-0.1, -0.05) is 54.6 Å². The Morgan fingerprint density at radius 2 is 1.68 bits per heavy atom. The first kappa shape index (κ1) is 22.5. The zero-order valence-corrected chi connectivity index (χ0v) is 17.9. The van der Waals surface area contributed by atoms with E-state index in [2.05, 4.69) is 5.32 Å². The summed E-state index contributed by atoms with van der Waals surface area (Å²) in [5.74, 6) is -1.13. The summed E-state index contributed by atoms with van der Waals surface area (Å²) in [7, 11) is 1.61. The van der Waals surface area contributed by atoms with Gasteiger partial charge in [-0.15, -0.1) is 0 Å². The van der Waals surface area contributed by atoms with Crippen LogP contribution in [0.15, 0.2) is 54.6 Å². The summed E-state index contributed by atoms with van der Waals surface area (Å²) >= 11 is 0. The summed E-state index contributed by atoms with van der Waals surface area (Å²) < 4.78 is 10.8. The van der Waals surface area contributed by atoms with Gasteiger partial charge in [0.15, 0.2) is 5.54 Å².